The Morgan fingerprint density at radius 1 is 1.26 bits per heavy atom. The minimum absolute atomic E-state index is 0.239. The van der Waals surface area contributed by atoms with Crippen LogP contribution in [0.4, 0.5) is 0 Å². The van der Waals surface area contributed by atoms with E-state index in [2.05, 4.69) is 13.8 Å². The van der Waals surface area contributed by atoms with E-state index in [4.69, 9.17) is 14.2 Å². The maximum atomic E-state index is 6.19. The van der Waals surface area contributed by atoms with Gasteiger partial charge in [-0.2, -0.15) is 0 Å². The van der Waals surface area contributed by atoms with Crippen molar-refractivity contribution in [3.05, 3.63) is 0 Å². The van der Waals surface area contributed by atoms with E-state index in [0.29, 0.717) is 6.10 Å². The molecule has 0 aromatic rings. The van der Waals surface area contributed by atoms with E-state index in [1.807, 2.05) is 0 Å². The van der Waals surface area contributed by atoms with Crippen LogP contribution in [0.5, 0.6) is 0 Å². The summed E-state index contributed by atoms with van der Waals surface area (Å²) in [4.78, 5) is 0. The third-order valence-electron chi connectivity index (χ3n) is 5.41. The molecule has 3 rings (SSSR count). The maximum absolute atomic E-state index is 6.19. The highest BCUT2D eigenvalue weighted by Crippen LogP contribution is 2.46. The van der Waals surface area contributed by atoms with Gasteiger partial charge in [-0.05, 0) is 44.4 Å². The summed E-state index contributed by atoms with van der Waals surface area (Å²) >= 11 is 0. The van der Waals surface area contributed by atoms with E-state index in [-0.39, 0.29) is 11.0 Å². The van der Waals surface area contributed by atoms with Gasteiger partial charge in [0.05, 0.1) is 24.9 Å². The fourth-order valence-corrected chi connectivity index (χ4v) is 3.31. The summed E-state index contributed by atoms with van der Waals surface area (Å²) in [7, 11) is 0. The van der Waals surface area contributed by atoms with Crippen LogP contribution in [0.15, 0.2) is 0 Å². The van der Waals surface area contributed by atoms with E-state index in [9.17, 15) is 0 Å². The Morgan fingerprint density at radius 3 is 2.63 bits per heavy atom. The molecule has 1 aliphatic carbocycles. The Balaban J connectivity index is 1.41. The van der Waals surface area contributed by atoms with Gasteiger partial charge in [-0.15, -0.1) is 0 Å². The fraction of sp³-hybridized carbons (Fsp3) is 1.00. The quantitative estimate of drug-likeness (QED) is 0.710. The molecule has 1 saturated carbocycles. The maximum Gasteiger partial charge on any atom is 0.0682 e. The lowest BCUT2D eigenvalue weighted by atomic mass is 9.77. The molecule has 3 heteroatoms. The molecule has 0 spiro atoms. The number of ether oxygens (including phenoxy) is 3. The number of rotatable bonds is 7. The summed E-state index contributed by atoms with van der Waals surface area (Å²) in [6, 6.07) is 0. The van der Waals surface area contributed by atoms with Crippen LogP contribution in [0.25, 0.3) is 0 Å². The van der Waals surface area contributed by atoms with Crippen molar-refractivity contribution in [2.24, 2.45) is 11.3 Å². The molecule has 19 heavy (non-hydrogen) atoms. The third-order valence-corrected chi connectivity index (χ3v) is 5.41. The molecule has 3 aliphatic rings. The summed E-state index contributed by atoms with van der Waals surface area (Å²) in [6.45, 7) is 8.24. The molecule has 0 N–H and O–H groups in total. The fourth-order valence-electron chi connectivity index (χ4n) is 3.31. The standard InChI is InChI=1S/C16H28O3/c1-3-16(7-8-16)19-12-15(2)11-18-14(15)5-4-13-6-9-17-10-13/h13-14H,3-12H2,1-2H3. The normalized spacial score (nSPS) is 40.1. The molecular formula is C16H28O3. The van der Waals surface area contributed by atoms with Gasteiger partial charge in [-0.1, -0.05) is 13.8 Å². The average molecular weight is 268 g/mol. The summed E-state index contributed by atoms with van der Waals surface area (Å²) in [5.41, 5.74) is 0.493. The van der Waals surface area contributed by atoms with Crippen molar-refractivity contribution in [2.45, 2.75) is 64.1 Å². The Labute approximate surface area is 117 Å². The van der Waals surface area contributed by atoms with Gasteiger partial charge in [-0.3, -0.25) is 0 Å². The Bertz CT molecular complexity index is 307. The van der Waals surface area contributed by atoms with Crippen LogP contribution in [-0.2, 0) is 14.2 Å². The van der Waals surface area contributed by atoms with Gasteiger partial charge in [0.15, 0.2) is 0 Å². The van der Waals surface area contributed by atoms with Crippen LogP contribution in [0.2, 0.25) is 0 Å². The first-order valence-electron chi connectivity index (χ1n) is 7.99. The third kappa shape index (κ3) is 2.98. The lowest BCUT2D eigenvalue weighted by Crippen LogP contribution is -2.53. The smallest absolute Gasteiger partial charge is 0.0682 e. The van der Waals surface area contributed by atoms with Crippen LogP contribution in [0.1, 0.15) is 52.4 Å². The zero-order valence-corrected chi connectivity index (χ0v) is 12.5. The van der Waals surface area contributed by atoms with Crippen LogP contribution in [-0.4, -0.2) is 38.1 Å². The predicted octanol–water partition coefficient (Wildman–Crippen LogP) is 3.17. The molecule has 3 unspecified atom stereocenters. The van der Waals surface area contributed by atoms with Crippen LogP contribution < -0.4 is 0 Å². The molecule has 0 aromatic carbocycles. The van der Waals surface area contributed by atoms with E-state index in [1.54, 1.807) is 0 Å². The molecule has 3 atom stereocenters. The van der Waals surface area contributed by atoms with Gasteiger partial charge in [0.1, 0.15) is 0 Å². The van der Waals surface area contributed by atoms with Crippen molar-refractivity contribution in [3.63, 3.8) is 0 Å². The first-order chi connectivity index (χ1) is 9.16. The van der Waals surface area contributed by atoms with E-state index < -0.39 is 0 Å². The van der Waals surface area contributed by atoms with Crippen molar-refractivity contribution in [2.75, 3.05) is 26.4 Å². The lowest BCUT2D eigenvalue weighted by molar-refractivity contribution is -0.214. The van der Waals surface area contributed by atoms with Crippen LogP contribution in [0.3, 0.4) is 0 Å². The van der Waals surface area contributed by atoms with Crippen LogP contribution >= 0.6 is 0 Å². The van der Waals surface area contributed by atoms with Gasteiger partial charge in [0, 0.05) is 18.6 Å². The molecule has 2 saturated heterocycles. The molecule has 3 fully saturated rings. The largest absolute Gasteiger partial charge is 0.381 e. The summed E-state index contributed by atoms with van der Waals surface area (Å²) in [5, 5.41) is 0. The van der Waals surface area contributed by atoms with Crippen molar-refractivity contribution < 1.29 is 14.2 Å². The molecule has 0 bridgehead atoms. The van der Waals surface area contributed by atoms with E-state index in [1.165, 1.54) is 32.1 Å². The molecule has 110 valence electrons. The monoisotopic (exact) mass is 268 g/mol. The molecule has 0 radical (unpaired) electrons. The highest BCUT2D eigenvalue weighted by molar-refractivity contribution is 4.97. The second-order valence-corrected chi connectivity index (χ2v) is 7.09. The molecule has 3 nitrogen and oxygen atoms in total. The molecule has 2 heterocycles. The van der Waals surface area contributed by atoms with Crippen molar-refractivity contribution in [1.29, 1.82) is 0 Å². The predicted molar refractivity (Wildman–Crippen MR) is 74.2 cm³/mol. The number of hydrogen-bond acceptors (Lipinski definition) is 3. The van der Waals surface area contributed by atoms with Gasteiger partial charge in [0.2, 0.25) is 0 Å². The minimum Gasteiger partial charge on any atom is -0.381 e. The zero-order valence-electron chi connectivity index (χ0n) is 12.5. The van der Waals surface area contributed by atoms with Crippen LogP contribution in [0, 0.1) is 11.3 Å². The molecule has 0 amide bonds. The van der Waals surface area contributed by atoms with Crippen molar-refractivity contribution in [3.8, 4) is 0 Å². The molecular weight excluding hydrogens is 240 g/mol. The summed E-state index contributed by atoms with van der Waals surface area (Å²) < 4.78 is 17.4. The minimum atomic E-state index is 0.239. The van der Waals surface area contributed by atoms with Crippen molar-refractivity contribution >= 4 is 0 Å². The summed E-state index contributed by atoms with van der Waals surface area (Å²) in [6.07, 6.45) is 7.73. The SMILES string of the molecule is CCC1(OCC2(C)COC2CCC2CCOC2)CC1. The number of hydrogen-bond donors (Lipinski definition) is 0. The first kappa shape index (κ1) is 13.8. The lowest BCUT2D eigenvalue weighted by Gasteiger charge is -2.47. The van der Waals surface area contributed by atoms with E-state index in [0.717, 1.165) is 38.8 Å². The van der Waals surface area contributed by atoms with Gasteiger partial charge >= 0.3 is 0 Å². The van der Waals surface area contributed by atoms with Gasteiger partial charge < -0.3 is 14.2 Å². The Kier molecular flexibility index (Phi) is 3.89. The molecule has 0 aromatic heterocycles. The van der Waals surface area contributed by atoms with Gasteiger partial charge in [0.25, 0.3) is 0 Å². The second kappa shape index (κ2) is 5.34. The topological polar surface area (TPSA) is 27.7 Å². The Morgan fingerprint density at radius 2 is 2.11 bits per heavy atom. The Hall–Kier alpha value is -0.120. The average Bonchev–Trinajstić information content (AvgIpc) is 3.02. The zero-order chi connectivity index (χ0) is 13.3. The first-order valence-corrected chi connectivity index (χ1v) is 7.99. The highest BCUT2D eigenvalue weighted by Gasteiger charge is 2.49. The van der Waals surface area contributed by atoms with Gasteiger partial charge in [-0.25, -0.2) is 0 Å². The van der Waals surface area contributed by atoms with E-state index >= 15 is 0 Å². The highest BCUT2D eigenvalue weighted by atomic mass is 16.5. The molecule has 2 aliphatic heterocycles. The summed E-state index contributed by atoms with van der Waals surface area (Å²) in [5.74, 6) is 0.764. The second-order valence-electron chi connectivity index (χ2n) is 7.09. The van der Waals surface area contributed by atoms with Crippen molar-refractivity contribution in [1.82, 2.24) is 0 Å².